The van der Waals surface area contributed by atoms with Crippen LogP contribution >= 0.6 is 23.1 Å². The highest BCUT2D eigenvalue weighted by Crippen LogP contribution is 2.36. The molecule has 1 aliphatic rings. The molecule has 0 fully saturated rings. The van der Waals surface area contributed by atoms with Gasteiger partial charge in [0.1, 0.15) is 4.83 Å². The van der Waals surface area contributed by atoms with Crippen LogP contribution in [0.1, 0.15) is 34.1 Å². The van der Waals surface area contributed by atoms with Crippen LogP contribution in [0, 0.1) is 5.92 Å². The molecule has 1 aliphatic carbocycles. The number of nitrogens with one attached hydrogen (secondary N) is 1. The number of hydrogen-bond acceptors (Lipinski definition) is 5. The summed E-state index contributed by atoms with van der Waals surface area (Å²) in [5, 5.41) is 1.26. The zero-order chi connectivity index (χ0) is 21.4. The number of benzene rings is 2. The van der Waals surface area contributed by atoms with Crippen molar-refractivity contribution in [2.24, 2.45) is 5.92 Å². The van der Waals surface area contributed by atoms with Crippen molar-refractivity contribution < 1.29 is 4.79 Å². The average Bonchev–Trinajstić information content (AvgIpc) is 3.16. The number of hydrogen-bond donors (Lipinski definition) is 1. The molecule has 1 unspecified atom stereocenters. The Morgan fingerprint density at radius 2 is 1.87 bits per heavy atom. The van der Waals surface area contributed by atoms with Crippen molar-refractivity contribution >= 4 is 39.1 Å². The molecule has 0 radical (unpaired) electrons. The van der Waals surface area contributed by atoms with Gasteiger partial charge in [0.25, 0.3) is 5.56 Å². The van der Waals surface area contributed by atoms with Crippen LogP contribution in [0.5, 0.6) is 0 Å². The normalized spacial score (nSPS) is 15.7. The number of Topliss-reactive ketones (excluding diaryl/α,β-unsaturated/α-hetero) is 1. The Hall–Kier alpha value is -2.70. The topological polar surface area (TPSA) is 62.8 Å². The molecule has 156 valence electrons. The Balaban J connectivity index is 1.31. The first-order valence-corrected chi connectivity index (χ1v) is 12.2. The number of nitrogens with zero attached hydrogens (tertiary/aromatic N) is 1. The minimum Gasteiger partial charge on any atom is -0.301 e. The number of thioether (sulfide) groups is 1. The maximum atomic E-state index is 12.7. The summed E-state index contributed by atoms with van der Waals surface area (Å²) in [5.41, 5.74) is 3.96. The number of ketones is 1. The van der Waals surface area contributed by atoms with E-state index < -0.39 is 0 Å². The minimum absolute atomic E-state index is 0.0201. The molecule has 1 N–H and O–H groups in total. The van der Waals surface area contributed by atoms with Gasteiger partial charge in [0.2, 0.25) is 0 Å². The molecular formula is C25H22N2O2S2. The van der Waals surface area contributed by atoms with Crippen molar-refractivity contribution in [1.82, 2.24) is 9.97 Å². The van der Waals surface area contributed by atoms with Crippen molar-refractivity contribution in [2.45, 2.75) is 31.3 Å². The predicted molar refractivity (Wildman–Crippen MR) is 128 cm³/mol. The number of H-pyrrole nitrogens is 1. The Bertz CT molecular complexity index is 1310. The Morgan fingerprint density at radius 3 is 2.65 bits per heavy atom. The number of carbonyl (C=O) groups is 1. The molecule has 6 heteroatoms. The molecule has 5 rings (SSSR count). The van der Waals surface area contributed by atoms with E-state index in [1.807, 2.05) is 54.6 Å². The van der Waals surface area contributed by atoms with E-state index >= 15 is 0 Å². The first-order valence-electron chi connectivity index (χ1n) is 10.4. The van der Waals surface area contributed by atoms with Gasteiger partial charge in [-0.2, -0.15) is 0 Å². The summed E-state index contributed by atoms with van der Waals surface area (Å²) in [6, 6.07) is 17.7. The highest BCUT2D eigenvalue weighted by atomic mass is 32.2. The van der Waals surface area contributed by atoms with E-state index in [1.54, 1.807) is 11.3 Å². The smallest absolute Gasteiger partial charge is 0.260 e. The number of aryl methyl sites for hydroxylation is 1. The van der Waals surface area contributed by atoms with Gasteiger partial charge in [0.15, 0.2) is 10.9 Å². The zero-order valence-corrected chi connectivity index (χ0v) is 18.8. The van der Waals surface area contributed by atoms with E-state index in [9.17, 15) is 9.59 Å². The first-order chi connectivity index (χ1) is 15.1. The van der Waals surface area contributed by atoms with E-state index in [1.165, 1.54) is 22.2 Å². The van der Waals surface area contributed by atoms with Gasteiger partial charge in [0.05, 0.1) is 11.1 Å². The molecule has 0 spiro atoms. The molecule has 0 saturated carbocycles. The minimum atomic E-state index is -0.0841. The molecule has 4 aromatic rings. The van der Waals surface area contributed by atoms with Crippen LogP contribution in [0.4, 0.5) is 0 Å². The Kier molecular flexibility index (Phi) is 5.50. The highest BCUT2D eigenvalue weighted by molar-refractivity contribution is 7.99. The lowest BCUT2D eigenvalue weighted by atomic mass is 9.89. The fourth-order valence-electron chi connectivity index (χ4n) is 4.09. The van der Waals surface area contributed by atoms with E-state index in [0.717, 1.165) is 40.6 Å². The van der Waals surface area contributed by atoms with Crippen LogP contribution in [0.3, 0.4) is 0 Å². The molecule has 0 amide bonds. The number of aromatic amines is 1. The SMILES string of the molecule is CC1CCc2c(sc3nc(SCC(=O)c4ccc(-c5ccccc5)cc4)[nH]c(=O)c23)C1. The van der Waals surface area contributed by atoms with Gasteiger partial charge in [-0.05, 0) is 41.9 Å². The highest BCUT2D eigenvalue weighted by Gasteiger charge is 2.23. The van der Waals surface area contributed by atoms with Crippen molar-refractivity contribution in [2.75, 3.05) is 5.75 Å². The lowest BCUT2D eigenvalue weighted by Crippen LogP contribution is -2.13. The third-order valence-corrected chi connectivity index (χ3v) is 7.82. The summed E-state index contributed by atoms with van der Waals surface area (Å²) in [4.78, 5) is 35.0. The van der Waals surface area contributed by atoms with Gasteiger partial charge in [-0.25, -0.2) is 4.98 Å². The van der Waals surface area contributed by atoms with E-state index in [0.29, 0.717) is 16.6 Å². The van der Waals surface area contributed by atoms with Gasteiger partial charge in [-0.3, -0.25) is 9.59 Å². The molecule has 0 aliphatic heterocycles. The van der Waals surface area contributed by atoms with Crippen LogP contribution in [-0.2, 0) is 12.8 Å². The second-order valence-corrected chi connectivity index (χ2v) is 10.1. The van der Waals surface area contributed by atoms with Crippen molar-refractivity contribution in [3.05, 3.63) is 81.0 Å². The standard InChI is InChI=1S/C25H22N2O2S2/c1-15-7-12-19-21(13-15)31-24-22(19)23(29)26-25(27-24)30-14-20(28)18-10-8-17(9-11-18)16-5-3-2-4-6-16/h2-6,8-11,15H,7,12-14H2,1H3,(H,26,27,29). The van der Waals surface area contributed by atoms with Crippen molar-refractivity contribution in [1.29, 1.82) is 0 Å². The van der Waals surface area contributed by atoms with Gasteiger partial charge in [-0.1, -0.05) is 73.3 Å². The molecular weight excluding hydrogens is 424 g/mol. The Morgan fingerprint density at radius 1 is 1.13 bits per heavy atom. The summed E-state index contributed by atoms with van der Waals surface area (Å²) in [6.45, 7) is 2.25. The maximum Gasteiger partial charge on any atom is 0.260 e. The first kappa shape index (κ1) is 20.2. The Labute approximate surface area is 188 Å². The van der Waals surface area contributed by atoms with Crippen LogP contribution in [0.15, 0.2) is 64.5 Å². The third-order valence-electron chi connectivity index (χ3n) is 5.80. The summed E-state index contributed by atoms with van der Waals surface area (Å²) in [5.74, 6) is 0.910. The fourth-order valence-corrected chi connectivity index (χ4v) is 6.29. The summed E-state index contributed by atoms with van der Waals surface area (Å²) >= 11 is 2.92. The predicted octanol–water partition coefficient (Wildman–Crippen LogP) is 5.75. The molecule has 1 atom stereocenters. The van der Waals surface area contributed by atoms with E-state index in [4.69, 9.17) is 0 Å². The van der Waals surface area contributed by atoms with E-state index in [-0.39, 0.29) is 17.1 Å². The molecule has 31 heavy (non-hydrogen) atoms. The van der Waals surface area contributed by atoms with Crippen LogP contribution in [-0.4, -0.2) is 21.5 Å². The van der Waals surface area contributed by atoms with Crippen molar-refractivity contribution in [3.63, 3.8) is 0 Å². The van der Waals surface area contributed by atoms with Gasteiger partial charge < -0.3 is 4.98 Å². The zero-order valence-electron chi connectivity index (χ0n) is 17.2. The molecule has 2 aromatic carbocycles. The number of aromatic nitrogens is 2. The number of carbonyl (C=O) groups excluding carboxylic acids is 1. The molecule has 0 saturated heterocycles. The van der Waals surface area contributed by atoms with E-state index in [2.05, 4.69) is 16.9 Å². The second kappa shape index (κ2) is 8.44. The molecule has 4 nitrogen and oxygen atoms in total. The second-order valence-electron chi connectivity index (χ2n) is 8.06. The lowest BCUT2D eigenvalue weighted by molar-refractivity contribution is 0.102. The maximum absolute atomic E-state index is 12.7. The van der Waals surface area contributed by atoms with Gasteiger partial charge >= 0.3 is 0 Å². The fraction of sp³-hybridized carbons (Fsp3) is 0.240. The largest absolute Gasteiger partial charge is 0.301 e. The van der Waals surface area contributed by atoms with Crippen LogP contribution in [0.2, 0.25) is 0 Å². The van der Waals surface area contributed by atoms with Crippen molar-refractivity contribution in [3.8, 4) is 11.1 Å². The average molecular weight is 447 g/mol. The summed E-state index contributed by atoms with van der Waals surface area (Å²) in [6.07, 6.45) is 3.09. The number of rotatable bonds is 5. The molecule has 2 heterocycles. The van der Waals surface area contributed by atoms with Gasteiger partial charge in [-0.15, -0.1) is 11.3 Å². The summed E-state index contributed by atoms with van der Waals surface area (Å²) < 4.78 is 0. The summed E-state index contributed by atoms with van der Waals surface area (Å²) in [7, 11) is 0. The van der Waals surface area contributed by atoms with Crippen LogP contribution in [0.25, 0.3) is 21.3 Å². The third kappa shape index (κ3) is 4.10. The molecule has 0 bridgehead atoms. The number of thiophene rings is 1. The lowest BCUT2D eigenvalue weighted by Gasteiger charge is -2.17. The number of fused-ring (bicyclic) bond motifs is 3. The quantitative estimate of drug-likeness (QED) is 0.241. The monoisotopic (exact) mass is 446 g/mol. The van der Waals surface area contributed by atoms with Crippen LogP contribution < -0.4 is 5.56 Å². The molecule has 2 aromatic heterocycles. The van der Waals surface area contributed by atoms with Gasteiger partial charge in [0, 0.05) is 10.4 Å².